The molecule has 70 valence electrons. The van der Waals surface area contributed by atoms with Crippen molar-refractivity contribution in [1.82, 2.24) is 9.97 Å². The molecule has 1 aromatic rings. The zero-order valence-corrected chi connectivity index (χ0v) is 7.44. The summed E-state index contributed by atoms with van der Waals surface area (Å²) in [5.41, 5.74) is 0. The molecule has 0 spiro atoms. The van der Waals surface area contributed by atoms with Crippen LogP contribution in [0, 0.1) is 0 Å². The smallest absolute Gasteiger partial charge is 0.144 e. The first kappa shape index (κ1) is 8.44. The van der Waals surface area contributed by atoms with Gasteiger partial charge in [0.1, 0.15) is 5.82 Å². The molecule has 0 saturated carbocycles. The molecule has 0 bridgehead atoms. The lowest BCUT2D eigenvalue weighted by Crippen LogP contribution is -2.28. The largest absolute Gasteiger partial charge is 0.381 e. The van der Waals surface area contributed by atoms with E-state index in [1.165, 1.54) is 0 Å². The Labute approximate surface area is 77.4 Å². The fourth-order valence-corrected chi connectivity index (χ4v) is 1.42. The number of aromatic nitrogens is 2. The van der Waals surface area contributed by atoms with Crippen molar-refractivity contribution < 1.29 is 4.74 Å². The number of ether oxygens (including phenoxy) is 1. The number of rotatable bonds is 2. The minimum Gasteiger partial charge on any atom is -0.381 e. The Bertz CT molecular complexity index is 246. The average Bonchev–Trinajstić information content (AvgIpc) is 2.21. The third-order valence-electron chi connectivity index (χ3n) is 2.14. The quantitative estimate of drug-likeness (QED) is 0.737. The molecule has 2 rings (SSSR count). The Hall–Kier alpha value is -1.16. The highest BCUT2D eigenvalue weighted by molar-refractivity contribution is 5.31. The maximum atomic E-state index is 5.26. The average molecular weight is 179 g/mol. The van der Waals surface area contributed by atoms with Gasteiger partial charge in [-0.3, -0.25) is 4.98 Å². The third-order valence-corrected chi connectivity index (χ3v) is 2.14. The fraction of sp³-hybridized carbons (Fsp3) is 0.556. The van der Waals surface area contributed by atoms with Gasteiger partial charge in [-0.1, -0.05) is 0 Å². The molecule has 0 radical (unpaired) electrons. The van der Waals surface area contributed by atoms with Gasteiger partial charge >= 0.3 is 0 Å². The summed E-state index contributed by atoms with van der Waals surface area (Å²) in [6.45, 7) is 1.69. The first-order valence-electron chi connectivity index (χ1n) is 4.55. The Balaban J connectivity index is 1.90. The Morgan fingerprint density at radius 1 is 1.31 bits per heavy atom. The molecule has 1 aliphatic rings. The maximum Gasteiger partial charge on any atom is 0.144 e. The molecule has 1 N–H and O–H groups in total. The highest BCUT2D eigenvalue weighted by atomic mass is 16.5. The van der Waals surface area contributed by atoms with Crippen LogP contribution in [-0.4, -0.2) is 29.2 Å². The molecule has 0 aromatic carbocycles. The lowest BCUT2D eigenvalue weighted by Gasteiger charge is -2.23. The van der Waals surface area contributed by atoms with Crippen LogP contribution in [0.2, 0.25) is 0 Å². The summed E-state index contributed by atoms with van der Waals surface area (Å²) in [7, 11) is 0. The van der Waals surface area contributed by atoms with Gasteiger partial charge in [0.25, 0.3) is 0 Å². The minimum atomic E-state index is 0.491. The monoisotopic (exact) mass is 179 g/mol. The first-order valence-corrected chi connectivity index (χ1v) is 4.55. The van der Waals surface area contributed by atoms with E-state index in [1.807, 2.05) is 0 Å². The van der Waals surface area contributed by atoms with Gasteiger partial charge in [0, 0.05) is 31.6 Å². The summed E-state index contributed by atoms with van der Waals surface area (Å²) >= 11 is 0. The van der Waals surface area contributed by atoms with E-state index in [9.17, 15) is 0 Å². The van der Waals surface area contributed by atoms with E-state index in [0.717, 1.165) is 31.9 Å². The molecule has 4 heteroatoms. The SMILES string of the molecule is c1cnc(NC2CCOCC2)cn1. The van der Waals surface area contributed by atoms with Crippen LogP contribution in [0.5, 0.6) is 0 Å². The molecule has 0 unspecified atom stereocenters. The van der Waals surface area contributed by atoms with E-state index in [1.54, 1.807) is 18.6 Å². The van der Waals surface area contributed by atoms with Crippen molar-refractivity contribution in [3.05, 3.63) is 18.6 Å². The molecular formula is C9H13N3O. The van der Waals surface area contributed by atoms with Crippen LogP contribution in [0.15, 0.2) is 18.6 Å². The molecular weight excluding hydrogens is 166 g/mol. The molecule has 0 amide bonds. The standard InChI is InChI=1S/C9H13N3O/c1-5-13-6-2-8(1)12-9-7-10-3-4-11-9/h3-4,7-8H,1-2,5-6H2,(H,11,12). The van der Waals surface area contributed by atoms with E-state index in [0.29, 0.717) is 6.04 Å². The van der Waals surface area contributed by atoms with E-state index >= 15 is 0 Å². The summed E-state index contributed by atoms with van der Waals surface area (Å²) in [5, 5.41) is 3.33. The summed E-state index contributed by atoms with van der Waals surface area (Å²) < 4.78 is 5.26. The van der Waals surface area contributed by atoms with Gasteiger partial charge in [-0.25, -0.2) is 4.98 Å². The molecule has 1 aromatic heterocycles. The summed E-state index contributed by atoms with van der Waals surface area (Å²) in [5.74, 6) is 0.856. The number of nitrogens with one attached hydrogen (secondary N) is 1. The molecule has 2 heterocycles. The van der Waals surface area contributed by atoms with Crippen molar-refractivity contribution >= 4 is 5.82 Å². The maximum absolute atomic E-state index is 5.26. The molecule has 0 aliphatic carbocycles. The Kier molecular flexibility index (Phi) is 2.72. The van der Waals surface area contributed by atoms with Crippen LogP contribution in [0.3, 0.4) is 0 Å². The second-order valence-electron chi connectivity index (χ2n) is 3.12. The first-order chi connectivity index (χ1) is 6.45. The minimum absolute atomic E-state index is 0.491. The highest BCUT2D eigenvalue weighted by Gasteiger charge is 2.13. The fourth-order valence-electron chi connectivity index (χ4n) is 1.42. The van der Waals surface area contributed by atoms with Crippen LogP contribution in [0.4, 0.5) is 5.82 Å². The highest BCUT2D eigenvalue weighted by Crippen LogP contribution is 2.11. The van der Waals surface area contributed by atoms with Crippen molar-refractivity contribution in [2.45, 2.75) is 18.9 Å². The zero-order chi connectivity index (χ0) is 8.93. The predicted molar refractivity (Wildman–Crippen MR) is 49.5 cm³/mol. The second kappa shape index (κ2) is 4.18. The second-order valence-corrected chi connectivity index (χ2v) is 3.12. The van der Waals surface area contributed by atoms with E-state index in [4.69, 9.17) is 4.74 Å². The molecule has 1 fully saturated rings. The van der Waals surface area contributed by atoms with Gasteiger partial charge in [-0.05, 0) is 12.8 Å². The van der Waals surface area contributed by atoms with Gasteiger partial charge in [-0.15, -0.1) is 0 Å². The number of hydrogen-bond donors (Lipinski definition) is 1. The molecule has 0 atom stereocenters. The summed E-state index contributed by atoms with van der Waals surface area (Å²) in [4.78, 5) is 8.15. The van der Waals surface area contributed by atoms with Crippen molar-refractivity contribution in [2.24, 2.45) is 0 Å². The third kappa shape index (κ3) is 2.39. The van der Waals surface area contributed by atoms with Gasteiger partial charge < -0.3 is 10.1 Å². The number of anilines is 1. The van der Waals surface area contributed by atoms with Gasteiger partial charge in [-0.2, -0.15) is 0 Å². The van der Waals surface area contributed by atoms with E-state index in [-0.39, 0.29) is 0 Å². The lowest BCUT2D eigenvalue weighted by atomic mass is 10.1. The van der Waals surface area contributed by atoms with Gasteiger partial charge in [0.2, 0.25) is 0 Å². The van der Waals surface area contributed by atoms with Crippen LogP contribution in [-0.2, 0) is 4.74 Å². The van der Waals surface area contributed by atoms with Crippen molar-refractivity contribution in [3.63, 3.8) is 0 Å². The molecule has 1 aliphatic heterocycles. The number of hydrogen-bond acceptors (Lipinski definition) is 4. The van der Waals surface area contributed by atoms with Crippen LogP contribution >= 0.6 is 0 Å². The van der Waals surface area contributed by atoms with Gasteiger partial charge in [0.15, 0.2) is 0 Å². The normalized spacial score (nSPS) is 18.5. The van der Waals surface area contributed by atoms with Crippen molar-refractivity contribution in [3.8, 4) is 0 Å². The van der Waals surface area contributed by atoms with E-state index < -0.39 is 0 Å². The van der Waals surface area contributed by atoms with E-state index in [2.05, 4.69) is 15.3 Å². The van der Waals surface area contributed by atoms with Gasteiger partial charge in [0.05, 0.1) is 6.20 Å². The number of nitrogens with zero attached hydrogens (tertiary/aromatic N) is 2. The lowest BCUT2D eigenvalue weighted by molar-refractivity contribution is 0.0904. The van der Waals surface area contributed by atoms with Crippen LogP contribution in [0.25, 0.3) is 0 Å². The van der Waals surface area contributed by atoms with Crippen LogP contribution in [0.1, 0.15) is 12.8 Å². The molecule has 1 saturated heterocycles. The molecule has 13 heavy (non-hydrogen) atoms. The topological polar surface area (TPSA) is 47.0 Å². The zero-order valence-electron chi connectivity index (χ0n) is 7.44. The summed E-state index contributed by atoms with van der Waals surface area (Å²) in [6.07, 6.45) is 7.22. The Morgan fingerprint density at radius 2 is 2.15 bits per heavy atom. The Morgan fingerprint density at radius 3 is 2.85 bits per heavy atom. The summed E-state index contributed by atoms with van der Waals surface area (Å²) in [6, 6.07) is 0.491. The van der Waals surface area contributed by atoms with Crippen molar-refractivity contribution in [2.75, 3.05) is 18.5 Å². The molecule has 4 nitrogen and oxygen atoms in total. The van der Waals surface area contributed by atoms with Crippen LogP contribution < -0.4 is 5.32 Å². The predicted octanol–water partition coefficient (Wildman–Crippen LogP) is 1.07. The van der Waals surface area contributed by atoms with Crippen molar-refractivity contribution in [1.29, 1.82) is 0 Å².